The first kappa shape index (κ1) is 16.0. The predicted molar refractivity (Wildman–Crippen MR) is 75.0 cm³/mol. The van der Waals surface area contributed by atoms with E-state index in [4.69, 9.17) is 4.74 Å². The molecule has 0 fully saturated rings. The van der Waals surface area contributed by atoms with Crippen LogP contribution < -0.4 is 9.47 Å². The number of nitrogens with zero attached hydrogens (tertiary/aromatic N) is 1. The summed E-state index contributed by atoms with van der Waals surface area (Å²) in [6, 6.07) is 5.14. The lowest BCUT2D eigenvalue weighted by Crippen LogP contribution is -2.16. The van der Waals surface area contributed by atoms with E-state index >= 15 is 0 Å². The quantitative estimate of drug-likeness (QED) is 0.761. The van der Waals surface area contributed by atoms with Crippen LogP contribution in [-0.2, 0) is 4.79 Å². The van der Waals surface area contributed by atoms with E-state index in [-0.39, 0.29) is 22.5 Å². The van der Waals surface area contributed by atoms with Crippen LogP contribution in [0.4, 0.5) is 13.2 Å². The number of benzene rings is 1. The number of alkyl halides is 3. The average Bonchev–Trinajstić information content (AvgIpc) is 2.82. The van der Waals surface area contributed by atoms with Gasteiger partial charge in [0.1, 0.15) is 11.5 Å². The maximum Gasteiger partial charge on any atom is 0.573 e. The van der Waals surface area contributed by atoms with Gasteiger partial charge in [-0.15, -0.1) is 13.2 Å². The highest BCUT2D eigenvalue weighted by Crippen LogP contribution is 2.31. The summed E-state index contributed by atoms with van der Waals surface area (Å²) in [5.41, 5.74) is 0. The molecule has 0 saturated heterocycles. The van der Waals surface area contributed by atoms with Crippen molar-refractivity contribution in [1.29, 1.82) is 0 Å². The van der Waals surface area contributed by atoms with Gasteiger partial charge in [0, 0.05) is 12.3 Å². The Morgan fingerprint density at radius 1 is 1.32 bits per heavy atom. The summed E-state index contributed by atoms with van der Waals surface area (Å²) in [5.74, 6) is -0.315. The van der Waals surface area contributed by atoms with Crippen molar-refractivity contribution in [3.63, 3.8) is 0 Å². The molecule has 22 heavy (non-hydrogen) atoms. The minimum atomic E-state index is -4.76. The molecule has 1 heterocycles. The monoisotopic (exact) mass is 329 g/mol. The SMILES string of the molecule is CC(=O)/C=C/c1cnc(Oc2cccc(OC(F)(F)F)c2)s1. The lowest BCUT2D eigenvalue weighted by molar-refractivity contribution is -0.274. The van der Waals surface area contributed by atoms with Crippen LogP contribution in [0.15, 0.2) is 36.5 Å². The Morgan fingerprint density at radius 3 is 2.73 bits per heavy atom. The van der Waals surface area contributed by atoms with Gasteiger partial charge in [-0.1, -0.05) is 17.4 Å². The third-order valence-electron chi connectivity index (χ3n) is 2.23. The number of rotatable bonds is 5. The summed E-state index contributed by atoms with van der Waals surface area (Å²) in [4.78, 5) is 15.5. The van der Waals surface area contributed by atoms with Crippen LogP contribution in [0, 0.1) is 0 Å². The number of carbonyl (C=O) groups is 1. The second-order valence-electron chi connectivity index (χ2n) is 4.10. The highest BCUT2D eigenvalue weighted by molar-refractivity contribution is 7.14. The molecule has 0 spiro atoms. The van der Waals surface area contributed by atoms with E-state index in [9.17, 15) is 18.0 Å². The number of allylic oxidation sites excluding steroid dienone is 1. The normalized spacial score (nSPS) is 11.6. The second kappa shape index (κ2) is 6.61. The molecule has 0 bridgehead atoms. The lowest BCUT2D eigenvalue weighted by atomic mass is 10.3. The van der Waals surface area contributed by atoms with Gasteiger partial charge in [0.15, 0.2) is 5.78 Å². The first-order valence-electron chi connectivity index (χ1n) is 6.00. The van der Waals surface area contributed by atoms with Crippen LogP contribution in [0.3, 0.4) is 0 Å². The molecule has 116 valence electrons. The first-order chi connectivity index (χ1) is 10.3. The largest absolute Gasteiger partial charge is 0.573 e. The Labute approximate surface area is 127 Å². The Balaban J connectivity index is 2.08. The van der Waals surface area contributed by atoms with Crippen molar-refractivity contribution in [2.24, 2.45) is 0 Å². The molecule has 0 radical (unpaired) electrons. The second-order valence-corrected chi connectivity index (χ2v) is 5.12. The molecule has 0 unspecified atom stereocenters. The number of ketones is 1. The van der Waals surface area contributed by atoms with Crippen molar-refractivity contribution >= 4 is 23.2 Å². The topological polar surface area (TPSA) is 48.4 Å². The maximum absolute atomic E-state index is 12.1. The maximum atomic E-state index is 12.1. The van der Waals surface area contributed by atoms with Gasteiger partial charge in [-0.25, -0.2) is 4.98 Å². The number of aromatic nitrogens is 1. The molecule has 0 aliphatic carbocycles. The molecule has 0 aliphatic heterocycles. The van der Waals surface area contributed by atoms with Gasteiger partial charge < -0.3 is 9.47 Å². The van der Waals surface area contributed by atoms with Crippen LogP contribution in [0.5, 0.6) is 16.7 Å². The van der Waals surface area contributed by atoms with E-state index in [1.807, 2.05) is 0 Å². The number of thiazole rings is 1. The van der Waals surface area contributed by atoms with Crippen LogP contribution >= 0.6 is 11.3 Å². The van der Waals surface area contributed by atoms with E-state index < -0.39 is 6.36 Å². The van der Waals surface area contributed by atoms with Crippen molar-refractivity contribution in [3.05, 3.63) is 41.4 Å². The molecule has 1 aromatic heterocycles. The number of hydrogen-bond donors (Lipinski definition) is 0. The smallest absolute Gasteiger partial charge is 0.431 e. The molecule has 1 aromatic carbocycles. The molecule has 0 saturated carbocycles. The van der Waals surface area contributed by atoms with Gasteiger partial charge in [0.25, 0.3) is 5.19 Å². The molecular weight excluding hydrogens is 319 g/mol. The van der Waals surface area contributed by atoms with Crippen molar-refractivity contribution in [3.8, 4) is 16.7 Å². The zero-order chi connectivity index (χ0) is 16.2. The molecule has 0 N–H and O–H groups in total. The van der Waals surface area contributed by atoms with Crippen LogP contribution in [0.25, 0.3) is 6.08 Å². The van der Waals surface area contributed by atoms with Crippen molar-refractivity contribution in [1.82, 2.24) is 4.98 Å². The van der Waals surface area contributed by atoms with E-state index in [1.165, 1.54) is 37.4 Å². The molecule has 0 atom stereocenters. The molecule has 2 aromatic rings. The van der Waals surface area contributed by atoms with Crippen LogP contribution in [0.1, 0.15) is 11.8 Å². The molecule has 4 nitrogen and oxygen atoms in total. The summed E-state index contributed by atoms with van der Waals surface area (Å²) < 4.78 is 45.6. The van der Waals surface area contributed by atoms with Gasteiger partial charge in [0.2, 0.25) is 0 Å². The zero-order valence-electron chi connectivity index (χ0n) is 11.3. The minimum Gasteiger partial charge on any atom is -0.431 e. The van der Waals surface area contributed by atoms with Crippen LogP contribution in [0.2, 0.25) is 0 Å². The van der Waals surface area contributed by atoms with Crippen molar-refractivity contribution in [2.45, 2.75) is 13.3 Å². The zero-order valence-corrected chi connectivity index (χ0v) is 12.1. The van der Waals surface area contributed by atoms with E-state index in [0.717, 1.165) is 17.4 Å². The van der Waals surface area contributed by atoms with E-state index in [0.29, 0.717) is 4.88 Å². The summed E-state index contributed by atoms with van der Waals surface area (Å²) in [6.07, 6.45) is -0.300. The van der Waals surface area contributed by atoms with Crippen molar-refractivity contribution < 1.29 is 27.4 Å². The van der Waals surface area contributed by atoms with E-state index in [1.54, 1.807) is 6.08 Å². The Morgan fingerprint density at radius 2 is 2.05 bits per heavy atom. The standard InChI is InChI=1S/C14H10F3NO3S/c1-9(19)5-6-12-8-18-13(22-12)20-10-3-2-4-11(7-10)21-14(15,16)17/h2-8H,1H3/b6-5+. The fourth-order valence-electron chi connectivity index (χ4n) is 1.43. The Kier molecular flexibility index (Phi) is 4.81. The third kappa shape index (κ3) is 5.21. The highest BCUT2D eigenvalue weighted by atomic mass is 32.1. The van der Waals surface area contributed by atoms with Crippen molar-refractivity contribution in [2.75, 3.05) is 0 Å². The van der Waals surface area contributed by atoms with Gasteiger partial charge in [-0.05, 0) is 31.2 Å². The van der Waals surface area contributed by atoms with E-state index in [2.05, 4.69) is 9.72 Å². The minimum absolute atomic E-state index is 0.104. The third-order valence-corrected chi connectivity index (χ3v) is 3.07. The van der Waals surface area contributed by atoms with Gasteiger partial charge in [0.05, 0.1) is 4.88 Å². The Bertz CT molecular complexity index is 695. The lowest BCUT2D eigenvalue weighted by Gasteiger charge is -2.09. The average molecular weight is 329 g/mol. The molecule has 0 amide bonds. The van der Waals surface area contributed by atoms with Gasteiger partial charge >= 0.3 is 6.36 Å². The highest BCUT2D eigenvalue weighted by Gasteiger charge is 2.31. The molecular formula is C14H10F3NO3S. The molecule has 2 rings (SSSR count). The summed E-state index contributed by atoms with van der Waals surface area (Å²) >= 11 is 1.15. The Hall–Kier alpha value is -2.35. The van der Waals surface area contributed by atoms with Crippen LogP contribution in [-0.4, -0.2) is 17.1 Å². The summed E-state index contributed by atoms with van der Waals surface area (Å²) in [5, 5.41) is 0.243. The number of halogens is 3. The summed E-state index contributed by atoms with van der Waals surface area (Å²) in [6.45, 7) is 1.42. The fourth-order valence-corrected chi connectivity index (χ4v) is 2.12. The number of ether oxygens (including phenoxy) is 2. The van der Waals surface area contributed by atoms with Gasteiger partial charge in [-0.3, -0.25) is 4.79 Å². The molecule has 0 aliphatic rings. The summed E-state index contributed by atoms with van der Waals surface area (Å²) in [7, 11) is 0. The predicted octanol–water partition coefficient (Wildman–Crippen LogP) is 4.44. The number of hydrogen-bond acceptors (Lipinski definition) is 5. The van der Waals surface area contributed by atoms with Gasteiger partial charge in [-0.2, -0.15) is 0 Å². The molecule has 8 heteroatoms. The fraction of sp³-hybridized carbons (Fsp3) is 0.143. The first-order valence-corrected chi connectivity index (χ1v) is 6.81. The number of carbonyl (C=O) groups excluding carboxylic acids is 1.